The van der Waals surface area contributed by atoms with Gasteiger partial charge in [0.05, 0.1) is 0 Å². The Bertz CT molecular complexity index is 346. The summed E-state index contributed by atoms with van der Waals surface area (Å²) in [5, 5.41) is 3.23. The molecular formula is C16H28N2. The Kier molecular flexibility index (Phi) is 5.36. The molecule has 0 heterocycles. The summed E-state index contributed by atoms with van der Waals surface area (Å²) in [5.74, 6) is 0. The van der Waals surface area contributed by atoms with Crippen LogP contribution in [0.3, 0.4) is 0 Å². The minimum atomic E-state index is 0.233. The second kappa shape index (κ2) is 6.35. The van der Waals surface area contributed by atoms with Crippen molar-refractivity contribution in [1.29, 1.82) is 0 Å². The van der Waals surface area contributed by atoms with Gasteiger partial charge in [0.1, 0.15) is 0 Å². The lowest BCUT2D eigenvalue weighted by atomic mass is 9.86. The van der Waals surface area contributed by atoms with Crippen molar-refractivity contribution in [3.63, 3.8) is 0 Å². The molecule has 1 atom stereocenters. The Morgan fingerprint density at radius 3 is 2.06 bits per heavy atom. The quantitative estimate of drug-likeness (QED) is 0.861. The first-order valence-corrected chi connectivity index (χ1v) is 6.77. The summed E-state index contributed by atoms with van der Waals surface area (Å²) >= 11 is 0. The molecule has 0 bridgehead atoms. The van der Waals surface area contributed by atoms with E-state index in [1.807, 2.05) is 7.05 Å². The predicted octanol–water partition coefficient (Wildman–Crippen LogP) is 3.20. The number of nitrogens with zero attached hydrogens (tertiary/aromatic N) is 1. The van der Waals surface area contributed by atoms with E-state index >= 15 is 0 Å². The molecule has 1 aromatic rings. The lowest BCUT2D eigenvalue weighted by molar-refractivity contribution is 0.283. The first-order chi connectivity index (χ1) is 8.36. The average Bonchev–Trinajstić information content (AvgIpc) is 2.28. The topological polar surface area (TPSA) is 15.3 Å². The number of nitrogens with one attached hydrogen (secondary N) is 1. The fraction of sp³-hybridized carbons (Fsp3) is 0.625. The summed E-state index contributed by atoms with van der Waals surface area (Å²) in [6.45, 7) is 7.81. The molecule has 0 saturated heterocycles. The van der Waals surface area contributed by atoms with E-state index in [9.17, 15) is 0 Å². The number of hydrogen-bond donors (Lipinski definition) is 1. The highest BCUT2D eigenvalue weighted by Gasteiger charge is 2.16. The van der Waals surface area contributed by atoms with Crippen LogP contribution in [-0.2, 0) is 5.41 Å². The second-order valence-corrected chi connectivity index (χ2v) is 6.24. The third-order valence-corrected chi connectivity index (χ3v) is 3.45. The van der Waals surface area contributed by atoms with Crippen molar-refractivity contribution in [3.8, 4) is 0 Å². The lowest BCUT2D eigenvalue weighted by Gasteiger charge is -2.26. The maximum Gasteiger partial charge on any atom is 0.0354 e. The lowest BCUT2D eigenvalue weighted by Crippen LogP contribution is -2.24. The Morgan fingerprint density at radius 1 is 1.11 bits per heavy atom. The van der Waals surface area contributed by atoms with Crippen LogP contribution in [0.1, 0.15) is 44.4 Å². The van der Waals surface area contributed by atoms with Crippen molar-refractivity contribution in [2.45, 2.75) is 38.6 Å². The zero-order valence-electron chi connectivity index (χ0n) is 12.7. The number of hydrogen-bond acceptors (Lipinski definition) is 2. The second-order valence-electron chi connectivity index (χ2n) is 6.24. The van der Waals surface area contributed by atoms with Crippen LogP contribution in [-0.4, -0.2) is 32.6 Å². The molecule has 102 valence electrons. The van der Waals surface area contributed by atoms with Crippen molar-refractivity contribution in [3.05, 3.63) is 35.4 Å². The van der Waals surface area contributed by atoms with Gasteiger partial charge in [-0.3, -0.25) is 0 Å². The standard InChI is InChI=1S/C16H28N2/c1-16(2,3)14-9-7-13(8-10-14)15(18(5)6)11-12-17-4/h7-10,15,17H,11-12H2,1-6H3. The van der Waals surface area contributed by atoms with E-state index in [2.05, 4.69) is 69.3 Å². The molecule has 1 N–H and O–H groups in total. The van der Waals surface area contributed by atoms with Gasteiger partial charge < -0.3 is 10.2 Å². The van der Waals surface area contributed by atoms with Gasteiger partial charge in [0.15, 0.2) is 0 Å². The monoisotopic (exact) mass is 248 g/mol. The molecule has 1 rings (SSSR count). The van der Waals surface area contributed by atoms with E-state index in [0.29, 0.717) is 6.04 Å². The van der Waals surface area contributed by atoms with E-state index in [4.69, 9.17) is 0 Å². The first kappa shape index (κ1) is 15.2. The van der Waals surface area contributed by atoms with Crippen molar-refractivity contribution in [2.75, 3.05) is 27.7 Å². The molecule has 0 aliphatic heterocycles. The molecule has 2 heteroatoms. The minimum absolute atomic E-state index is 0.233. The van der Waals surface area contributed by atoms with Gasteiger partial charge in [-0.05, 0) is 50.7 Å². The summed E-state index contributed by atoms with van der Waals surface area (Å²) in [5.41, 5.74) is 3.04. The number of benzene rings is 1. The Hall–Kier alpha value is -0.860. The van der Waals surface area contributed by atoms with E-state index in [-0.39, 0.29) is 5.41 Å². The smallest absolute Gasteiger partial charge is 0.0354 e. The maximum absolute atomic E-state index is 3.23. The van der Waals surface area contributed by atoms with Crippen LogP contribution >= 0.6 is 0 Å². The van der Waals surface area contributed by atoms with Crippen LogP contribution in [0.5, 0.6) is 0 Å². The highest BCUT2D eigenvalue weighted by atomic mass is 15.1. The fourth-order valence-corrected chi connectivity index (χ4v) is 2.21. The SMILES string of the molecule is CNCCC(c1ccc(C(C)(C)C)cc1)N(C)C. The molecule has 0 amide bonds. The van der Waals surface area contributed by atoms with Crippen molar-refractivity contribution < 1.29 is 0 Å². The van der Waals surface area contributed by atoms with Gasteiger partial charge in [0.25, 0.3) is 0 Å². The molecule has 1 aromatic carbocycles. The highest BCUT2D eigenvalue weighted by Crippen LogP contribution is 2.26. The van der Waals surface area contributed by atoms with Crippen LogP contribution in [0.25, 0.3) is 0 Å². The van der Waals surface area contributed by atoms with Gasteiger partial charge in [0, 0.05) is 6.04 Å². The highest BCUT2D eigenvalue weighted by molar-refractivity contribution is 5.29. The van der Waals surface area contributed by atoms with Gasteiger partial charge in [-0.25, -0.2) is 0 Å². The zero-order chi connectivity index (χ0) is 13.8. The summed E-state index contributed by atoms with van der Waals surface area (Å²) in [7, 11) is 6.31. The van der Waals surface area contributed by atoms with E-state index in [1.54, 1.807) is 0 Å². The Balaban J connectivity index is 2.87. The Morgan fingerprint density at radius 2 is 1.67 bits per heavy atom. The molecule has 0 aromatic heterocycles. The van der Waals surface area contributed by atoms with E-state index in [0.717, 1.165) is 13.0 Å². The van der Waals surface area contributed by atoms with Gasteiger partial charge in [-0.2, -0.15) is 0 Å². The van der Waals surface area contributed by atoms with Gasteiger partial charge in [0.2, 0.25) is 0 Å². The largest absolute Gasteiger partial charge is 0.320 e. The molecule has 0 spiro atoms. The van der Waals surface area contributed by atoms with Gasteiger partial charge in [-0.15, -0.1) is 0 Å². The van der Waals surface area contributed by atoms with Gasteiger partial charge in [-0.1, -0.05) is 45.0 Å². The maximum atomic E-state index is 3.23. The van der Waals surface area contributed by atoms with Crippen LogP contribution in [0.2, 0.25) is 0 Å². The van der Waals surface area contributed by atoms with Crippen LogP contribution < -0.4 is 5.32 Å². The summed E-state index contributed by atoms with van der Waals surface area (Å²) in [6.07, 6.45) is 1.14. The molecular weight excluding hydrogens is 220 g/mol. The molecule has 2 nitrogen and oxygen atoms in total. The molecule has 0 aliphatic carbocycles. The molecule has 0 radical (unpaired) electrons. The number of rotatable bonds is 5. The first-order valence-electron chi connectivity index (χ1n) is 6.77. The molecule has 0 aliphatic rings. The summed E-state index contributed by atoms with van der Waals surface area (Å²) in [6, 6.07) is 9.59. The van der Waals surface area contributed by atoms with E-state index < -0.39 is 0 Å². The van der Waals surface area contributed by atoms with Crippen molar-refractivity contribution in [1.82, 2.24) is 10.2 Å². The van der Waals surface area contributed by atoms with Gasteiger partial charge >= 0.3 is 0 Å². The third kappa shape index (κ3) is 4.11. The fourth-order valence-electron chi connectivity index (χ4n) is 2.21. The zero-order valence-corrected chi connectivity index (χ0v) is 12.7. The van der Waals surface area contributed by atoms with Crippen molar-refractivity contribution >= 4 is 0 Å². The average molecular weight is 248 g/mol. The molecule has 1 unspecified atom stereocenters. The Labute approximate surface area is 112 Å². The normalized spacial score (nSPS) is 13.9. The minimum Gasteiger partial charge on any atom is -0.320 e. The van der Waals surface area contributed by atoms with Crippen LogP contribution in [0.15, 0.2) is 24.3 Å². The summed E-state index contributed by atoms with van der Waals surface area (Å²) < 4.78 is 0. The van der Waals surface area contributed by atoms with E-state index in [1.165, 1.54) is 11.1 Å². The molecule has 0 saturated carbocycles. The van der Waals surface area contributed by atoms with Crippen LogP contribution in [0.4, 0.5) is 0 Å². The summed E-state index contributed by atoms with van der Waals surface area (Å²) in [4.78, 5) is 2.30. The van der Waals surface area contributed by atoms with Crippen molar-refractivity contribution in [2.24, 2.45) is 0 Å². The predicted molar refractivity (Wildman–Crippen MR) is 80.1 cm³/mol. The third-order valence-electron chi connectivity index (χ3n) is 3.45. The van der Waals surface area contributed by atoms with Crippen LogP contribution in [0, 0.1) is 0 Å². The molecule has 0 fully saturated rings. The molecule has 18 heavy (non-hydrogen) atoms.